The van der Waals surface area contributed by atoms with Crippen LogP contribution in [-0.4, -0.2) is 62.1 Å². The largest absolute Gasteiger partial charge is 0.299 e. The first-order valence-corrected chi connectivity index (χ1v) is 9.30. The minimum atomic E-state index is -0.0233. The summed E-state index contributed by atoms with van der Waals surface area (Å²) in [6, 6.07) is 5.54. The van der Waals surface area contributed by atoms with Crippen molar-refractivity contribution in [2.45, 2.75) is 38.9 Å². The first-order chi connectivity index (χ1) is 12.3. The molecule has 0 unspecified atom stereocenters. The van der Waals surface area contributed by atoms with Crippen LogP contribution in [0, 0.1) is 0 Å². The maximum absolute atomic E-state index is 11.7. The van der Waals surface area contributed by atoms with Crippen molar-refractivity contribution in [2.24, 2.45) is 0 Å². The molecule has 0 aliphatic carbocycles. The van der Waals surface area contributed by atoms with E-state index in [1.165, 1.54) is 30.7 Å². The molecule has 134 valence electrons. The van der Waals surface area contributed by atoms with Crippen LogP contribution in [0.1, 0.15) is 24.2 Å². The molecule has 2 aromatic rings. The van der Waals surface area contributed by atoms with Crippen LogP contribution in [0.25, 0.3) is 0 Å². The van der Waals surface area contributed by atoms with E-state index in [1.807, 2.05) is 0 Å². The number of hydrogen-bond donors (Lipinski definition) is 0. The molecule has 0 spiro atoms. The number of rotatable bonds is 5. The van der Waals surface area contributed by atoms with Gasteiger partial charge in [-0.25, -0.2) is 4.68 Å². The van der Waals surface area contributed by atoms with Gasteiger partial charge in [0, 0.05) is 63.8 Å². The fourth-order valence-electron chi connectivity index (χ4n) is 3.75. The fourth-order valence-corrected chi connectivity index (χ4v) is 3.75. The zero-order valence-corrected chi connectivity index (χ0v) is 14.7. The Balaban J connectivity index is 1.25. The summed E-state index contributed by atoms with van der Waals surface area (Å²) in [4.78, 5) is 16.6. The second-order valence-corrected chi connectivity index (χ2v) is 7.01. The van der Waals surface area contributed by atoms with E-state index in [1.54, 1.807) is 23.0 Å². The third-order valence-electron chi connectivity index (χ3n) is 5.23. The molecule has 0 aromatic carbocycles. The summed E-state index contributed by atoms with van der Waals surface area (Å²) in [6.07, 6.45) is 5.40. The molecule has 2 aromatic heterocycles. The molecular weight excluding hydrogens is 316 g/mol. The number of nitrogens with zero attached hydrogens (tertiary/aromatic N) is 6. The molecule has 0 radical (unpaired) electrons. The van der Waals surface area contributed by atoms with Gasteiger partial charge in [-0.15, -0.1) is 0 Å². The third kappa shape index (κ3) is 3.99. The quantitative estimate of drug-likeness (QED) is 0.796. The third-order valence-corrected chi connectivity index (χ3v) is 5.23. The lowest BCUT2D eigenvalue weighted by molar-refractivity contribution is 0.121. The number of aryl methyl sites for hydroxylation is 2. The molecule has 25 heavy (non-hydrogen) atoms. The average molecular weight is 342 g/mol. The smallest absolute Gasteiger partial charge is 0.266 e. The number of hydrogen-bond acceptors (Lipinski definition) is 5. The average Bonchev–Trinajstić information content (AvgIpc) is 3.04. The zero-order chi connectivity index (χ0) is 17.1. The first kappa shape index (κ1) is 16.5. The molecule has 4 heterocycles. The van der Waals surface area contributed by atoms with E-state index in [2.05, 4.69) is 25.6 Å². The first-order valence-electron chi connectivity index (χ1n) is 9.30. The Hall–Kier alpha value is -1.99. The molecule has 0 N–H and O–H groups in total. The van der Waals surface area contributed by atoms with Crippen molar-refractivity contribution >= 4 is 0 Å². The maximum Gasteiger partial charge on any atom is 0.266 e. The van der Waals surface area contributed by atoms with E-state index in [-0.39, 0.29) is 5.56 Å². The van der Waals surface area contributed by atoms with Gasteiger partial charge in [0.2, 0.25) is 0 Å². The molecule has 4 rings (SSSR count). The summed E-state index contributed by atoms with van der Waals surface area (Å²) >= 11 is 0. The molecule has 0 bridgehead atoms. The second-order valence-electron chi connectivity index (χ2n) is 7.01. The summed E-state index contributed by atoms with van der Waals surface area (Å²) in [7, 11) is 0. The monoisotopic (exact) mass is 342 g/mol. The molecule has 2 aliphatic rings. The Bertz CT molecular complexity index is 735. The minimum absolute atomic E-state index is 0.0233. The molecular formula is C18H26N6O. The van der Waals surface area contributed by atoms with Gasteiger partial charge in [-0.3, -0.25) is 19.3 Å². The standard InChI is InChI=1S/C18H26N6O/c25-18-5-3-6-19-24(18)13-12-21-8-10-22(11-9-21)15-16-14-17-4-1-2-7-23(17)20-16/h3,5-6,14H,1-2,4,7-13,15H2. The van der Waals surface area contributed by atoms with Crippen molar-refractivity contribution in [3.63, 3.8) is 0 Å². The second kappa shape index (κ2) is 7.49. The van der Waals surface area contributed by atoms with Crippen molar-refractivity contribution in [1.29, 1.82) is 0 Å². The lowest BCUT2D eigenvalue weighted by Crippen LogP contribution is -2.47. The number of piperazine rings is 1. The molecule has 1 saturated heterocycles. The van der Waals surface area contributed by atoms with Crippen LogP contribution < -0.4 is 5.56 Å². The Morgan fingerprint density at radius 3 is 2.64 bits per heavy atom. The Morgan fingerprint density at radius 1 is 1.00 bits per heavy atom. The fraction of sp³-hybridized carbons (Fsp3) is 0.611. The van der Waals surface area contributed by atoms with Gasteiger partial charge < -0.3 is 0 Å². The van der Waals surface area contributed by atoms with Gasteiger partial charge in [0.1, 0.15) is 0 Å². The highest BCUT2D eigenvalue weighted by Crippen LogP contribution is 2.16. The summed E-state index contributed by atoms with van der Waals surface area (Å²) in [5.41, 5.74) is 2.59. The summed E-state index contributed by atoms with van der Waals surface area (Å²) < 4.78 is 3.74. The number of fused-ring (bicyclic) bond motifs is 1. The van der Waals surface area contributed by atoms with Crippen molar-refractivity contribution in [2.75, 3.05) is 32.7 Å². The highest BCUT2D eigenvalue weighted by molar-refractivity contribution is 5.12. The van der Waals surface area contributed by atoms with E-state index >= 15 is 0 Å². The predicted molar refractivity (Wildman–Crippen MR) is 95.4 cm³/mol. The Morgan fingerprint density at radius 2 is 1.84 bits per heavy atom. The van der Waals surface area contributed by atoms with Crippen LogP contribution in [0.15, 0.2) is 29.2 Å². The van der Waals surface area contributed by atoms with Crippen molar-refractivity contribution < 1.29 is 0 Å². The highest BCUT2D eigenvalue weighted by atomic mass is 16.1. The van der Waals surface area contributed by atoms with Crippen LogP contribution in [0.5, 0.6) is 0 Å². The van der Waals surface area contributed by atoms with Gasteiger partial charge in [-0.2, -0.15) is 10.2 Å². The van der Waals surface area contributed by atoms with Gasteiger partial charge in [-0.1, -0.05) is 0 Å². The van der Waals surface area contributed by atoms with E-state index in [0.717, 1.165) is 45.8 Å². The van der Waals surface area contributed by atoms with Crippen LogP contribution in [-0.2, 0) is 26.1 Å². The molecule has 7 heteroatoms. The van der Waals surface area contributed by atoms with Gasteiger partial charge in [0.05, 0.1) is 12.2 Å². The van der Waals surface area contributed by atoms with Crippen molar-refractivity contribution in [1.82, 2.24) is 29.4 Å². The van der Waals surface area contributed by atoms with Gasteiger partial charge in [0.15, 0.2) is 0 Å². The topological polar surface area (TPSA) is 59.2 Å². The van der Waals surface area contributed by atoms with Crippen LogP contribution in [0.4, 0.5) is 0 Å². The van der Waals surface area contributed by atoms with Crippen LogP contribution in [0.3, 0.4) is 0 Å². The SMILES string of the molecule is O=c1cccnn1CCN1CCN(Cc2cc3n(n2)CCCC3)CC1. The lowest BCUT2D eigenvalue weighted by atomic mass is 10.1. The van der Waals surface area contributed by atoms with Gasteiger partial charge in [0.25, 0.3) is 5.56 Å². The summed E-state index contributed by atoms with van der Waals surface area (Å²) in [5, 5.41) is 8.89. The van der Waals surface area contributed by atoms with Crippen molar-refractivity contribution in [3.8, 4) is 0 Å². The molecule has 0 atom stereocenters. The highest BCUT2D eigenvalue weighted by Gasteiger charge is 2.19. The van der Waals surface area contributed by atoms with E-state index in [4.69, 9.17) is 5.10 Å². The molecule has 2 aliphatic heterocycles. The summed E-state index contributed by atoms with van der Waals surface area (Å²) in [5.74, 6) is 0. The van der Waals surface area contributed by atoms with Crippen LogP contribution >= 0.6 is 0 Å². The van der Waals surface area contributed by atoms with Crippen molar-refractivity contribution in [3.05, 3.63) is 46.1 Å². The molecule has 1 fully saturated rings. The summed E-state index contributed by atoms with van der Waals surface area (Å²) in [6.45, 7) is 7.75. The van der Waals surface area contributed by atoms with E-state index in [9.17, 15) is 4.79 Å². The maximum atomic E-state index is 11.7. The lowest BCUT2D eigenvalue weighted by Gasteiger charge is -2.34. The van der Waals surface area contributed by atoms with E-state index < -0.39 is 0 Å². The van der Waals surface area contributed by atoms with Gasteiger partial charge in [-0.05, 0) is 31.4 Å². The Kier molecular flexibility index (Phi) is 4.94. The van der Waals surface area contributed by atoms with E-state index in [0.29, 0.717) is 6.54 Å². The normalized spacial score (nSPS) is 19.0. The predicted octanol–water partition coefficient (Wildman–Crippen LogP) is 0.594. The number of aromatic nitrogens is 4. The van der Waals surface area contributed by atoms with Crippen LogP contribution in [0.2, 0.25) is 0 Å². The molecule has 7 nitrogen and oxygen atoms in total. The Labute approximate surface area is 147 Å². The molecule has 0 saturated carbocycles. The van der Waals surface area contributed by atoms with Gasteiger partial charge >= 0.3 is 0 Å². The minimum Gasteiger partial charge on any atom is -0.299 e. The molecule has 0 amide bonds. The zero-order valence-electron chi connectivity index (χ0n) is 14.7.